The van der Waals surface area contributed by atoms with Gasteiger partial charge in [-0.15, -0.1) is 0 Å². The van der Waals surface area contributed by atoms with Gasteiger partial charge < -0.3 is 5.32 Å². The molecule has 0 spiro atoms. The number of hydrogen-bond donors (Lipinski definition) is 1. The number of nitrogens with one attached hydrogen (secondary N) is 1. The van der Waals surface area contributed by atoms with E-state index in [9.17, 15) is 8.78 Å². The van der Waals surface area contributed by atoms with Gasteiger partial charge in [-0.05, 0) is 19.1 Å². The molecule has 13 heavy (non-hydrogen) atoms. The van der Waals surface area contributed by atoms with Crippen LogP contribution in [0.1, 0.15) is 6.92 Å². The lowest BCUT2D eigenvalue weighted by atomic mass is 10.2. The van der Waals surface area contributed by atoms with Gasteiger partial charge in [-0.3, -0.25) is 0 Å². The number of nitriles is 1. The molecule has 1 unspecified atom stereocenters. The predicted octanol–water partition coefficient (Wildman–Crippen LogP) is 2.29. The van der Waals surface area contributed by atoms with Crippen LogP contribution in [-0.2, 0) is 0 Å². The number of nitrogens with zero attached hydrogens (tertiary/aromatic N) is 1. The van der Waals surface area contributed by atoms with Crippen molar-refractivity contribution in [2.24, 2.45) is 0 Å². The Bertz CT molecular complexity index is 344. The van der Waals surface area contributed by atoms with Crippen molar-refractivity contribution in [2.45, 2.75) is 13.0 Å². The second-order valence-corrected chi connectivity index (χ2v) is 2.62. The van der Waals surface area contributed by atoms with Crippen LogP contribution in [-0.4, -0.2) is 6.04 Å². The lowest BCUT2D eigenvalue weighted by Gasteiger charge is -2.08. The molecule has 0 aliphatic carbocycles. The molecular formula is C9H8F2N2. The third kappa shape index (κ3) is 2.41. The number of benzene rings is 1. The molecule has 68 valence electrons. The topological polar surface area (TPSA) is 35.8 Å². The van der Waals surface area contributed by atoms with Gasteiger partial charge in [0.1, 0.15) is 17.7 Å². The molecule has 0 aromatic heterocycles. The van der Waals surface area contributed by atoms with Crippen molar-refractivity contribution < 1.29 is 8.78 Å². The molecule has 0 aliphatic heterocycles. The molecule has 0 saturated heterocycles. The van der Waals surface area contributed by atoms with Crippen LogP contribution in [0.4, 0.5) is 14.5 Å². The Balaban J connectivity index is 2.85. The quantitative estimate of drug-likeness (QED) is 0.761. The van der Waals surface area contributed by atoms with Crippen LogP contribution >= 0.6 is 0 Å². The van der Waals surface area contributed by atoms with E-state index in [4.69, 9.17) is 5.26 Å². The van der Waals surface area contributed by atoms with Crippen LogP contribution in [0.25, 0.3) is 0 Å². The third-order valence-corrected chi connectivity index (χ3v) is 1.50. The Labute approximate surface area is 74.8 Å². The standard InChI is InChI=1S/C9H8F2N2/c1-6(5-12)13-9-3-2-7(10)4-8(9)11/h2-4,6,13H,1H3. The Kier molecular flexibility index (Phi) is 2.80. The Morgan fingerprint density at radius 1 is 1.46 bits per heavy atom. The maximum absolute atomic E-state index is 12.9. The second kappa shape index (κ2) is 3.85. The molecule has 1 rings (SSSR count). The summed E-state index contributed by atoms with van der Waals surface area (Å²) in [4.78, 5) is 0. The summed E-state index contributed by atoms with van der Waals surface area (Å²) in [6.45, 7) is 1.59. The van der Waals surface area contributed by atoms with E-state index in [1.807, 2.05) is 6.07 Å². The maximum Gasteiger partial charge on any atom is 0.149 e. The molecule has 0 saturated carbocycles. The average molecular weight is 182 g/mol. The van der Waals surface area contributed by atoms with Crippen LogP contribution in [0.15, 0.2) is 18.2 Å². The normalized spacial score (nSPS) is 11.8. The summed E-state index contributed by atoms with van der Waals surface area (Å²) in [5, 5.41) is 11.0. The van der Waals surface area contributed by atoms with Crippen molar-refractivity contribution in [1.29, 1.82) is 5.26 Å². The van der Waals surface area contributed by atoms with Crippen molar-refractivity contribution in [3.63, 3.8) is 0 Å². The number of halogens is 2. The summed E-state index contributed by atoms with van der Waals surface area (Å²) in [5.74, 6) is -1.32. The zero-order valence-electron chi connectivity index (χ0n) is 7.01. The Hall–Kier alpha value is -1.63. The van der Waals surface area contributed by atoms with Crippen LogP contribution in [0.2, 0.25) is 0 Å². The van der Waals surface area contributed by atoms with E-state index in [1.165, 1.54) is 6.07 Å². The van der Waals surface area contributed by atoms with Gasteiger partial charge in [0.2, 0.25) is 0 Å². The van der Waals surface area contributed by atoms with Crippen molar-refractivity contribution >= 4 is 5.69 Å². The van der Waals surface area contributed by atoms with Gasteiger partial charge in [-0.25, -0.2) is 8.78 Å². The largest absolute Gasteiger partial charge is 0.368 e. The van der Waals surface area contributed by atoms with Gasteiger partial charge in [-0.1, -0.05) is 0 Å². The first kappa shape index (κ1) is 9.46. The molecule has 0 aliphatic rings. The molecule has 0 amide bonds. The fourth-order valence-electron chi connectivity index (χ4n) is 0.872. The lowest BCUT2D eigenvalue weighted by molar-refractivity contribution is 0.584. The van der Waals surface area contributed by atoms with Crippen LogP contribution in [0, 0.1) is 23.0 Å². The van der Waals surface area contributed by atoms with Crippen molar-refractivity contribution in [3.05, 3.63) is 29.8 Å². The summed E-state index contributed by atoms with van der Waals surface area (Å²) in [6, 6.07) is 4.55. The number of hydrogen-bond acceptors (Lipinski definition) is 2. The molecule has 1 aromatic rings. The summed E-state index contributed by atoms with van der Waals surface area (Å²) in [5.41, 5.74) is 0.135. The molecular weight excluding hydrogens is 174 g/mol. The minimum Gasteiger partial charge on any atom is -0.368 e. The highest BCUT2D eigenvalue weighted by Crippen LogP contribution is 2.15. The fourth-order valence-corrected chi connectivity index (χ4v) is 0.872. The van der Waals surface area contributed by atoms with Crippen LogP contribution in [0.5, 0.6) is 0 Å². The fraction of sp³-hybridized carbons (Fsp3) is 0.222. The lowest BCUT2D eigenvalue weighted by Crippen LogP contribution is -2.13. The zero-order chi connectivity index (χ0) is 9.84. The maximum atomic E-state index is 12.9. The summed E-state index contributed by atoms with van der Waals surface area (Å²) in [6.07, 6.45) is 0. The molecule has 0 radical (unpaired) electrons. The van der Waals surface area contributed by atoms with E-state index in [0.29, 0.717) is 0 Å². The Morgan fingerprint density at radius 2 is 2.15 bits per heavy atom. The molecule has 1 N–H and O–H groups in total. The molecule has 1 atom stereocenters. The third-order valence-electron chi connectivity index (χ3n) is 1.50. The van der Waals surface area contributed by atoms with Crippen molar-refractivity contribution in [3.8, 4) is 6.07 Å². The first-order valence-corrected chi connectivity index (χ1v) is 3.74. The number of rotatable bonds is 2. The van der Waals surface area contributed by atoms with E-state index < -0.39 is 17.7 Å². The van der Waals surface area contributed by atoms with E-state index in [2.05, 4.69) is 5.32 Å². The van der Waals surface area contributed by atoms with Gasteiger partial charge in [0.05, 0.1) is 11.8 Å². The molecule has 2 nitrogen and oxygen atoms in total. The average Bonchev–Trinajstić information content (AvgIpc) is 2.09. The van der Waals surface area contributed by atoms with Crippen molar-refractivity contribution in [1.82, 2.24) is 0 Å². The minimum absolute atomic E-state index is 0.135. The molecule has 4 heteroatoms. The van der Waals surface area contributed by atoms with Crippen LogP contribution < -0.4 is 5.32 Å². The van der Waals surface area contributed by atoms with Gasteiger partial charge in [0.15, 0.2) is 0 Å². The van der Waals surface area contributed by atoms with Gasteiger partial charge in [-0.2, -0.15) is 5.26 Å². The van der Waals surface area contributed by atoms with E-state index in [1.54, 1.807) is 6.92 Å². The predicted molar refractivity (Wildman–Crippen MR) is 45.1 cm³/mol. The van der Waals surface area contributed by atoms with Gasteiger partial charge in [0, 0.05) is 6.07 Å². The summed E-state index contributed by atoms with van der Waals surface area (Å²) in [7, 11) is 0. The first-order valence-electron chi connectivity index (χ1n) is 3.74. The molecule has 0 fully saturated rings. The molecule has 0 bridgehead atoms. The molecule has 1 aromatic carbocycles. The van der Waals surface area contributed by atoms with Gasteiger partial charge in [0.25, 0.3) is 0 Å². The van der Waals surface area contributed by atoms with Gasteiger partial charge >= 0.3 is 0 Å². The van der Waals surface area contributed by atoms with Crippen LogP contribution in [0.3, 0.4) is 0 Å². The summed E-state index contributed by atoms with van der Waals surface area (Å²) < 4.78 is 25.4. The smallest absolute Gasteiger partial charge is 0.149 e. The van der Waals surface area contributed by atoms with E-state index >= 15 is 0 Å². The highest BCUT2D eigenvalue weighted by molar-refractivity contribution is 5.46. The highest BCUT2D eigenvalue weighted by atomic mass is 19.1. The van der Waals surface area contributed by atoms with Crippen molar-refractivity contribution in [2.75, 3.05) is 5.32 Å². The minimum atomic E-state index is -0.692. The summed E-state index contributed by atoms with van der Waals surface area (Å²) >= 11 is 0. The van der Waals surface area contributed by atoms with E-state index in [0.717, 1.165) is 12.1 Å². The van der Waals surface area contributed by atoms with E-state index in [-0.39, 0.29) is 5.69 Å². The highest BCUT2D eigenvalue weighted by Gasteiger charge is 2.05. The Morgan fingerprint density at radius 3 is 2.69 bits per heavy atom. The molecule has 0 heterocycles. The first-order chi connectivity index (χ1) is 6.13. The second-order valence-electron chi connectivity index (χ2n) is 2.62. The SMILES string of the molecule is CC(C#N)Nc1ccc(F)cc1F. The zero-order valence-corrected chi connectivity index (χ0v) is 7.01. The number of anilines is 1. The monoisotopic (exact) mass is 182 g/mol.